The van der Waals surface area contributed by atoms with Gasteiger partial charge in [0.1, 0.15) is 12.6 Å². The van der Waals surface area contributed by atoms with E-state index in [2.05, 4.69) is 5.32 Å². The maximum Gasteiger partial charge on any atom is 0.264 e. The first-order valence-electron chi connectivity index (χ1n) is 13.2. The minimum atomic E-state index is -4.08. The Kier molecular flexibility index (Phi) is 9.92. The van der Waals surface area contributed by atoms with Gasteiger partial charge in [-0.15, -0.1) is 0 Å². The topological polar surface area (TPSA) is 86.8 Å². The van der Waals surface area contributed by atoms with Crippen LogP contribution in [0, 0.1) is 26.7 Å². The second-order valence-electron chi connectivity index (χ2n) is 10.4. The number of nitrogens with zero attached hydrogens (tertiary/aromatic N) is 2. The van der Waals surface area contributed by atoms with E-state index in [1.807, 2.05) is 71.0 Å². The van der Waals surface area contributed by atoms with E-state index in [9.17, 15) is 18.0 Å². The zero-order valence-electron chi connectivity index (χ0n) is 23.6. The summed E-state index contributed by atoms with van der Waals surface area (Å²) in [4.78, 5) is 28.7. The molecule has 0 bridgehead atoms. The summed E-state index contributed by atoms with van der Waals surface area (Å²) in [6, 6.07) is 20.4. The first-order chi connectivity index (χ1) is 18.4. The van der Waals surface area contributed by atoms with Gasteiger partial charge in [-0.2, -0.15) is 0 Å². The van der Waals surface area contributed by atoms with Crippen molar-refractivity contribution in [3.8, 4) is 0 Å². The Hall–Kier alpha value is -3.65. The number of amides is 2. The van der Waals surface area contributed by atoms with E-state index < -0.39 is 28.5 Å². The van der Waals surface area contributed by atoms with Crippen LogP contribution in [0.3, 0.4) is 0 Å². The van der Waals surface area contributed by atoms with Gasteiger partial charge in [0.25, 0.3) is 10.0 Å². The molecule has 0 radical (unpaired) electrons. The van der Waals surface area contributed by atoms with Crippen LogP contribution in [0.1, 0.15) is 43.0 Å². The molecule has 3 aromatic rings. The van der Waals surface area contributed by atoms with Gasteiger partial charge in [-0.25, -0.2) is 8.42 Å². The highest BCUT2D eigenvalue weighted by molar-refractivity contribution is 7.92. The van der Waals surface area contributed by atoms with Crippen molar-refractivity contribution >= 4 is 27.5 Å². The average molecular weight is 550 g/mol. The molecule has 0 aliphatic carbocycles. The van der Waals surface area contributed by atoms with E-state index in [4.69, 9.17) is 0 Å². The summed E-state index contributed by atoms with van der Waals surface area (Å²) in [6.45, 7) is 11.6. The fourth-order valence-corrected chi connectivity index (χ4v) is 5.82. The maximum absolute atomic E-state index is 14.0. The number of carbonyl (C=O) groups is 2. The predicted molar refractivity (Wildman–Crippen MR) is 156 cm³/mol. The lowest BCUT2D eigenvalue weighted by Gasteiger charge is -2.33. The third kappa shape index (κ3) is 7.47. The summed E-state index contributed by atoms with van der Waals surface area (Å²) in [5.41, 5.74) is 4.00. The highest BCUT2D eigenvalue weighted by atomic mass is 32.2. The molecule has 208 valence electrons. The Bertz CT molecular complexity index is 1400. The molecular weight excluding hydrogens is 510 g/mol. The predicted octanol–water partition coefficient (Wildman–Crippen LogP) is 5.00. The number of hydrogen-bond donors (Lipinski definition) is 1. The molecule has 0 spiro atoms. The third-order valence-electron chi connectivity index (χ3n) is 6.68. The lowest BCUT2D eigenvalue weighted by molar-refractivity contribution is -0.139. The molecule has 7 nitrogen and oxygen atoms in total. The molecule has 1 N–H and O–H groups in total. The number of anilines is 1. The van der Waals surface area contributed by atoms with Crippen LogP contribution in [0.4, 0.5) is 5.69 Å². The first-order valence-corrected chi connectivity index (χ1v) is 14.6. The summed E-state index contributed by atoms with van der Waals surface area (Å²) >= 11 is 0. The monoisotopic (exact) mass is 549 g/mol. The van der Waals surface area contributed by atoms with Crippen LogP contribution < -0.4 is 9.62 Å². The number of sulfonamides is 1. The zero-order valence-corrected chi connectivity index (χ0v) is 24.5. The number of carbonyl (C=O) groups excluding carboxylic acids is 2. The van der Waals surface area contributed by atoms with Crippen LogP contribution in [0.15, 0.2) is 77.7 Å². The Labute approximate surface area is 232 Å². The second kappa shape index (κ2) is 12.9. The largest absolute Gasteiger partial charge is 0.354 e. The van der Waals surface area contributed by atoms with E-state index in [0.29, 0.717) is 12.2 Å². The summed E-state index contributed by atoms with van der Waals surface area (Å²) < 4.78 is 29.0. The summed E-state index contributed by atoms with van der Waals surface area (Å²) in [7, 11) is -4.08. The van der Waals surface area contributed by atoms with Crippen molar-refractivity contribution in [2.45, 2.75) is 59.0 Å². The molecule has 3 aromatic carbocycles. The lowest BCUT2D eigenvalue weighted by Crippen LogP contribution is -2.51. The Morgan fingerprint density at radius 1 is 0.846 bits per heavy atom. The maximum atomic E-state index is 14.0. The van der Waals surface area contributed by atoms with E-state index in [1.165, 1.54) is 17.0 Å². The van der Waals surface area contributed by atoms with Gasteiger partial charge in [0.2, 0.25) is 11.8 Å². The molecule has 0 aromatic heterocycles. The molecule has 0 aliphatic rings. The fraction of sp³-hybridized carbons (Fsp3) is 0.355. The van der Waals surface area contributed by atoms with Gasteiger partial charge in [-0.05, 0) is 68.5 Å². The smallest absolute Gasteiger partial charge is 0.264 e. The van der Waals surface area contributed by atoms with Crippen molar-refractivity contribution in [2.75, 3.05) is 17.4 Å². The Balaban J connectivity index is 2.04. The van der Waals surface area contributed by atoms with Crippen molar-refractivity contribution in [3.63, 3.8) is 0 Å². The van der Waals surface area contributed by atoms with Gasteiger partial charge >= 0.3 is 0 Å². The van der Waals surface area contributed by atoms with Crippen LogP contribution in [0.2, 0.25) is 0 Å². The Morgan fingerprint density at radius 2 is 1.49 bits per heavy atom. The molecule has 8 heteroatoms. The molecule has 1 atom stereocenters. The summed E-state index contributed by atoms with van der Waals surface area (Å²) in [5.74, 6) is -0.503. The number of benzene rings is 3. The zero-order chi connectivity index (χ0) is 28.7. The van der Waals surface area contributed by atoms with E-state index in [0.717, 1.165) is 26.6 Å². The molecule has 39 heavy (non-hydrogen) atoms. The van der Waals surface area contributed by atoms with Crippen molar-refractivity contribution in [1.82, 2.24) is 10.2 Å². The van der Waals surface area contributed by atoms with Gasteiger partial charge in [0, 0.05) is 13.1 Å². The van der Waals surface area contributed by atoms with Gasteiger partial charge in [-0.3, -0.25) is 13.9 Å². The van der Waals surface area contributed by atoms with Crippen molar-refractivity contribution in [3.05, 3.63) is 95.1 Å². The van der Waals surface area contributed by atoms with Gasteiger partial charge in [-0.1, -0.05) is 74.0 Å². The molecule has 0 saturated carbocycles. The van der Waals surface area contributed by atoms with E-state index >= 15 is 0 Å². The number of aryl methyl sites for hydroxylation is 3. The van der Waals surface area contributed by atoms with E-state index in [-0.39, 0.29) is 23.3 Å². The van der Waals surface area contributed by atoms with Crippen LogP contribution in [0.5, 0.6) is 0 Å². The van der Waals surface area contributed by atoms with Crippen LogP contribution in [-0.4, -0.2) is 44.3 Å². The van der Waals surface area contributed by atoms with Crippen LogP contribution in [-0.2, 0) is 26.2 Å². The molecule has 0 saturated heterocycles. The summed E-state index contributed by atoms with van der Waals surface area (Å²) in [5, 5.41) is 2.91. The van der Waals surface area contributed by atoms with Gasteiger partial charge < -0.3 is 10.2 Å². The van der Waals surface area contributed by atoms with Gasteiger partial charge in [0.15, 0.2) is 0 Å². The minimum Gasteiger partial charge on any atom is -0.354 e. The minimum absolute atomic E-state index is 0.0888. The highest BCUT2D eigenvalue weighted by Gasteiger charge is 2.33. The molecular formula is C31H39N3O4S. The normalized spacial score (nSPS) is 12.2. The van der Waals surface area contributed by atoms with Crippen molar-refractivity contribution in [2.24, 2.45) is 5.92 Å². The molecule has 0 aliphatic heterocycles. The SMILES string of the molecule is Cc1ccc(N(CC(=O)N(Cc2ccccc2C)[C@H](C)C(=O)NCC(C)C)S(=O)(=O)c2ccccc2)c(C)c1. The number of hydrogen-bond acceptors (Lipinski definition) is 4. The van der Waals surface area contributed by atoms with E-state index in [1.54, 1.807) is 31.2 Å². The van der Waals surface area contributed by atoms with Crippen LogP contribution in [0.25, 0.3) is 0 Å². The molecule has 0 unspecified atom stereocenters. The highest BCUT2D eigenvalue weighted by Crippen LogP contribution is 2.28. The standard InChI is InChI=1S/C31H39N3O4S/c1-22(2)19-32-31(36)26(6)33(20-27-13-11-10-12-24(27)4)30(35)21-34(29-17-16-23(3)18-25(29)5)39(37,38)28-14-8-7-9-15-28/h7-18,22,26H,19-21H2,1-6H3,(H,32,36)/t26-/m1/s1. The van der Waals surface area contributed by atoms with Gasteiger partial charge in [0.05, 0.1) is 10.6 Å². The lowest BCUT2D eigenvalue weighted by atomic mass is 10.1. The quantitative estimate of drug-likeness (QED) is 0.365. The second-order valence-corrected chi connectivity index (χ2v) is 12.2. The number of rotatable bonds is 11. The fourth-order valence-electron chi connectivity index (χ4n) is 4.32. The molecule has 0 fully saturated rings. The Morgan fingerprint density at radius 3 is 2.10 bits per heavy atom. The van der Waals surface area contributed by atoms with Crippen molar-refractivity contribution < 1.29 is 18.0 Å². The number of nitrogens with one attached hydrogen (secondary N) is 1. The molecule has 0 heterocycles. The van der Waals surface area contributed by atoms with Crippen LogP contribution >= 0.6 is 0 Å². The summed E-state index contributed by atoms with van der Waals surface area (Å²) in [6.07, 6.45) is 0. The van der Waals surface area contributed by atoms with Crippen molar-refractivity contribution in [1.29, 1.82) is 0 Å². The third-order valence-corrected chi connectivity index (χ3v) is 8.46. The molecule has 2 amide bonds. The first kappa shape index (κ1) is 29.9. The average Bonchev–Trinajstić information content (AvgIpc) is 2.90. The molecule has 3 rings (SSSR count).